The van der Waals surface area contributed by atoms with Crippen molar-refractivity contribution in [3.8, 4) is 0 Å². The van der Waals surface area contributed by atoms with Gasteiger partial charge < -0.3 is 21.5 Å². The van der Waals surface area contributed by atoms with Crippen molar-refractivity contribution >= 4 is 58.7 Å². The Labute approximate surface area is 213 Å². The van der Waals surface area contributed by atoms with Crippen LogP contribution in [0.2, 0.25) is 6.82 Å². The van der Waals surface area contributed by atoms with Crippen molar-refractivity contribution in [3.63, 3.8) is 0 Å². The predicted octanol–water partition coefficient (Wildman–Crippen LogP) is 1.70. The van der Waals surface area contributed by atoms with E-state index < -0.39 is 7.12 Å². The molecule has 2 radical (unpaired) electrons. The molecule has 0 saturated heterocycles. The molecular formula is C12H17BBrIN4O2Y2-2. The molecule has 0 aromatic carbocycles. The molecule has 0 aliphatic rings. The van der Waals surface area contributed by atoms with Crippen LogP contribution in [0.4, 0.5) is 11.6 Å². The number of anilines is 2. The van der Waals surface area contributed by atoms with E-state index in [9.17, 15) is 0 Å². The third-order valence-electron chi connectivity index (χ3n) is 1.54. The second kappa shape index (κ2) is 19.6. The van der Waals surface area contributed by atoms with Gasteiger partial charge in [0.1, 0.15) is 0 Å². The topological polar surface area (TPSA) is 118 Å². The summed E-state index contributed by atoms with van der Waals surface area (Å²) in [5.74, 6) is 0.879. The molecule has 0 fully saturated rings. The van der Waals surface area contributed by atoms with Gasteiger partial charge in [-0.2, -0.15) is 21.5 Å². The van der Waals surface area contributed by atoms with E-state index in [1.165, 1.54) is 6.82 Å². The number of hydrogen-bond donors (Lipinski definition) is 4. The average Bonchev–Trinajstić information content (AvgIpc) is 2.37. The smallest absolute Gasteiger partial charge is 0.427 e. The molecule has 2 aromatic heterocycles. The van der Waals surface area contributed by atoms with E-state index in [2.05, 4.69) is 38.0 Å². The molecular weight excluding hydrogens is 628 g/mol. The molecule has 11 heteroatoms. The fraction of sp³-hybridized carbons (Fsp3) is 0.167. The van der Waals surface area contributed by atoms with Crippen molar-refractivity contribution < 1.29 is 75.5 Å². The summed E-state index contributed by atoms with van der Waals surface area (Å²) in [6.45, 7) is 3.23. The number of halogens is 2. The van der Waals surface area contributed by atoms with Crippen LogP contribution in [-0.4, -0.2) is 27.1 Å². The van der Waals surface area contributed by atoms with Gasteiger partial charge in [-0.05, 0) is 13.0 Å². The Hall–Kier alpha value is 1.30. The number of rotatable bonds is 0. The molecule has 0 aliphatic heterocycles. The first-order chi connectivity index (χ1) is 9.31. The summed E-state index contributed by atoms with van der Waals surface area (Å²) in [5, 5.41) is 15.2. The molecule has 0 saturated carbocycles. The van der Waals surface area contributed by atoms with Crippen molar-refractivity contribution in [2.45, 2.75) is 13.7 Å². The number of aryl methyl sites for hydroxylation is 1. The molecule has 0 unspecified atom stereocenters. The second-order valence-corrected chi connectivity index (χ2v) is 4.54. The van der Waals surface area contributed by atoms with Gasteiger partial charge >= 0.3 is 7.12 Å². The van der Waals surface area contributed by atoms with Gasteiger partial charge in [0.15, 0.2) is 0 Å². The molecule has 0 bridgehead atoms. The Balaban J connectivity index is -0.000000116. The molecule has 6 N–H and O–H groups in total. The predicted molar refractivity (Wildman–Crippen MR) is 98.9 cm³/mol. The van der Waals surface area contributed by atoms with E-state index in [1.807, 2.05) is 13.0 Å². The van der Waals surface area contributed by atoms with Gasteiger partial charge in [0, 0.05) is 77.1 Å². The average molecular weight is 645 g/mol. The molecule has 0 aliphatic carbocycles. The van der Waals surface area contributed by atoms with Crippen LogP contribution in [0.5, 0.6) is 0 Å². The maximum absolute atomic E-state index is 7.61. The van der Waals surface area contributed by atoms with Crippen LogP contribution in [0.1, 0.15) is 5.56 Å². The first-order valence-electron chi connectivity index (χ1n) is 5.56. The van der Waals surface area contributed by atoms with E-state index in [0.717, 1.165) is 10.0 Å². The van der Waals surface area contributed by atoms with Gasteiger partial charge in [-0.1, -0.05) is 6.20 Å². The van der Waals surface area contributed by atoms with E-state index in [4.69, 9.17) is 21.5 Å². The Morgan fingerprint density at radius 2 is 1.43 bits per heavy atom. The van der Waals surface area contributed by atoms with Crippen LogP contribution in [0.3, 0.4) is 0 Å². The Kier molecular flexibility index (Phi) is 27.3. The molecule has 0 amide bonds. The van der Waals surface area contributed by atoms with Gasteiger partial charge in [-0.3, -0.25) is 9.97 Å². The van der Waals surface area contributed by atoms with Crippen molar-refractivity contribution in [1.29, 1.82) is 0 Å². The summed E-state index contributed by atoms with van der Waals surface area (Å²) in [6.07, 6.45) is 3.34. The summed E-state index contributed by atoms with van der Waals surface area (Å²) in [4.78, 5) is 7.55. The van der Waals surface area contributed by atoms with E-state index in [1.54, 1.807) is 18.5 Å². The van der Waals surface area contributed by atoms with E-state index in [0.29, 0.717) is 11.6 Å². The van der Waals surface area contributed by atoms with Crippen molar-refractivity contribution in [3.05, 3.63) is 46.7 Å². The minimum absolute atomic E-state index is 0. The molecule has 0 spiro atoms. The normalized spacial score (nSPS) is 7.52. The van der Waals surface area contributed by atoms with Gasteiger partial charge in [-0.25, -0.2) is 24.3 Å². The number of pyridine rings is 2. The molecule has 2 heterocycles. The number of aromatic nitrogens is 2. The minimum atomic E-state index is -1.17. The summed E-state index contributed by atoms with van der Waals surface area (Å²) in [7, 11) is -1.17. The minimum Gasteiger partial charge on any atom is -0.427 e. The van der Waals surface area contributed by atoms with Gasteiger partial charge in [0.05, 0.1) is 0 Å². The fourth-order valence-corrected chi connectivity index (χ4v) is 0.999. The van der Waals surface area contributed by atoms with Crippen LogP contribution in [0.15, 0.2) is 29.0 Å². The van der Waals surface area contributed by atoms with Crippen LogP contribution in [0, 0.1) is 19.1 Å². The summed E-state index contributed by atoms with van der Waals surface area (Å²) < 4.78 is 0.895. The zero-order valence-corrected chi connectivity index (χ0v) is 22.4. The molecule has 122 valence electrons. The quantitative estimate of drug-likeness (QED) is 0.197. The van der Waals surface area contributed by atoms with E-state index in [-0.39, 0.29) is 89.4 Å². The van der Waals surface area contributed by atoms with Gasteiger partial charge in [0.25, 0.3) is 0 Å². The SMILES string of the molecule is CB(O)O.Cc1c[c-]c(N)nc1.I.Nc1[c-]cc(Br)cn1.[Y].[Y]. The van der Waals surface area contributed by atoms with Crippen molar-refractivity contribution in [1.82, 2.24) is 9.97 Å². The molecule has 6 nitrogen and oxygen atoms in total. The zero-order chi connectivity index (χ0) is 15.5. The third kappa shape index (κ3) is 23.3. The third-order valence-corrected chi connectivity index (χ3v) is 1.97. The second-order valence-electron chi connectivity index (χ2n) is 3.62. The standard InChI is InChI=1S/C6H7N2.C5H4BrN2.CH5BO2.HI.2Y/c1-5-2-3-6(7)8-4-5;6-4-1-2-5(7)8-3-4;1-2(3)4;;;/h2,4H,1H3,(H2,7,8);1,3H,(H2,7,8);3-4H,1H3;1H;;/q2*-1;;;;. The van der Waals surface area contributed by atoms with Crippen LogP contribution in [0.25, 0.3) is 0 Å². The van der Waals surface area contributed by atoms with Crippen LogP contribution in [-0.2, 0) is 65.4 Å². The van der Waals surface area contributed by atoms with Gasteiger partial charge in [0.2, 0.25) is 0 Å². The molecule has 23 heavy (non-hydrogen) atoms. The Bertz CT molecular complexity index is 407. The van der Waals surface area contributed by atoms with Gasteiger partial charge in [-0.15, -0.1) is 35.4 Å². The summed E-state index contributed by atoms with van der Waals surface area (Å²) >= 11 is 3.20. The monoisotopic (exact) mass is 644 g/mol. The molecule has 0 atom stereocenters. The largest absolute Gasteiger partial charge is 0.448 e. The number of nitrogens with zero attached hydrogens (tertiary/aromatic N) is 2. The first-order valence-corrected chi connectivity index (χ1v) is 6.35. The molecule has 2 rings (SSSR count). The van der Waals surface area contributed by atoms with Crippen molar-refractivity contribution in [2.75, 3.05) is 11.5 Å². The van der Waals surface area contributed by atoms with E-state index >= 15 is 0 Å². The Morgan fingerprint density at radius 1 is 1.04 bits per heavy atom. The number of nitrogen functional groups attached to an aromatic ring is 2. The maximum Gasteiger partial charge on any atom is 0.448 e. The number of hydrogen-bond acceptors (Lipinski definition) is 6. The number of nitrogens with two attached hydrogens (primary N) is 2. The van der Waals surface area contributed by atoms with Crippen LogP contribution < -0.4 is 11.5 Å². The van der Waals surface area contributed by atoms with Crippen molar-refractivity contribution in [2.24, 2.45) is 0 Å². The molecule has 2 aromatic rings. The zero-order valence-electron chi connectivity index (χ0n) is 12.8. The maximum atomic E-state index is 7.61. The Morgan fingerprint density at radius 3 is 1.65 bits per heavy atom. The summed E-state index contributed by atoms with van der Waals surface area (Å²) in [5.41, 5.74) is 11.6. The fourth-order valence-electron chi connectivity index (χ4n) is 0.782. The van der Waals surface area contributed by atoms with Crippen LogP contribution >= 0.6 is 39.9 Å². The first kappa shape index (κ1) is 32.0. The summed E-state index contributed by atoms with van der Waals surface area (Å²) in [6, 6.07) is 9.02.